The predicted molar refractivity (Wildman–Crippen MR) is 106 cm³/mol. The van der Waals surface area contributed by atoms with Crippen molar-refractivity contribution in [3.05, 3.63) is 59.7 Å². The van der Waals surface area contributed by atoms with Crippen LogP contribution in [0, 0.1) is 6.92 Å². The maximum Gasteiger partial charge on any atom is 0.227 e. The Balaban J connectivity index is 1.52. The Bertz CT molecular complexity index is 715. The van der Waals surface area contributed by atoms with Crippen LogP contribution < -0.4 is 9.64 Å². The fourth-order valence-corrected chi connectivity index (χ4v) is 3.21. The van der Waals surface area contributed by atoms with Crippen LogP contribution in [0.2, 0.25) is 0 Å². The van der Waals surface area contributed by atoms with E-state index in [0.29, 0.717) is 6.42 Å². The highest BCUT2D eigenvalue weighted by atomic mass is 16.5. The zero-order valence-corrected chi connectivity index (χ0v) is 15.9. The average Bonchev–Trinajstić information content (AvgIpc) is 2.64. The first-order chi connectivity index (χ1) is 12.5. The van der Waals surface area contributed by atoms with E-state index in [0.717, 1.165) is 37.5 Å². The van der Waals surface area contributed by atoms with Gasteiger partial charge < -0.3 is 14.5 Å². The van der Waals surface area contributed by atoms with Crippen molar-refractivity contribution < 1.29 is 9.53 Å². The second-order valence-corrected chi connectivity index (χ2v) is 7.19. The van der Waals surface area contributed by atoms with Crippen molar-refractivity contribution in [1.82, 2.24) is 4.90 Å². The van der Waals surface area contributed by atoms with E-state index in [1.165, 1.54) is 11.3 Å². The zero-order valence-electron chi connectivity index (χ0n) is 15.9. The molecule has 4 heteroatoms. The summed E-state index contributed by atoms with van der Waals surface area (Å²) in [4.78, 5) is 16.8. The molecule has 138 valence electrons. The highest BCUT2D eigenvalue weighted by Crippen LogP contribution is 2.21. The number of carbonyl (C=O) groups excluding carboxylic acids is 1. The van der Waals surface area contributed by atoms with Crippen LogP contribution in [0.3, 0.4) is 0 Å². The summed E-state index contributed by atoms with van der Waals surface area (Å²) in [6, 6.07) is 16.5. The molecule has 1 aliphatic heterocycles. The third kappa shape index (κ3) is 4.78. The number of carbonyl (C=O) groups is 1. The Kier molecular flexibility index (Phi) is 5.82. The minimum atomic E-state index is 0.184. The molecule has 2 aromatic rings. The molecule has 0 atom stereocenters. The second kappa shape index (κ2) is 8.26. The van der Waals surface area contributed by atoms with Gasteiger partial charge in [-0.1, -0.05) is 29.8 Å². The Morgan fingerprint density at radius 2 is 1.58 bits per heavy atom. The van der Waals surface area contributed by atoms with Crippen molar-refractivity contribution in [3.63, 3.8) is 0 Å². The van der Waals surface area contributed by atoms with E-state index < -0.39 is 0 Å². The Morgan fingerprint density at radius 1 is 0.962 bits per heavy atom. The molecule has 0 aromatic heterocycles. The molecule has 0 saturated carbocycles. The molecule has 1 amide bonds. The van der Waals surface area contributed by atoms with Crippen LogP contribution in [0.25, 0.3) is 0 Å². The Hall–Kier alpha value is -2.49. The Morgan fingerprint density at radius 3 is 2.15 bits per heavy atom. The number of hydrogen-bond acceptors (Lipinski definition) is 3. The molecule has 1 saturated heterocycles. The number of benzene rings is 2. The first kappa shape index (κ1) is 18.3. The fraction of sp³-hybridized carbons (Fsp3) is 0.409. The molecule has 1 aliphatic rings. The predicted octanol–water partition coefficient (Wildman–Crippen LogP) is 3.67. The zero-order chi connectivity index (χ0) is 18.5. The van der Waals surface area contributed by atoms with Gasteiger partial charge in [0.15, 0.2) is 0 Å². The molecule has 0 N–H and O–H groups in total. The van der Waals surface area contributed by atoms with E-state index in [1.807, 2.05) is 43.0 Å². The molecule has 1 fully saturated rings. The van der Waals surface area contributed by atoms with Crippen molar-refractivity contribution >= 4 is 11.6 Å². The molecular formula is C22H28N2O2. The van der Waals surface area contributed by atoms with E-state index in [1.54, 1.807) is 0 Å². The van der Waals surface area contributed by atoms with E-state index in [4.69, 9.17) is 4.74 Å². The average molecular weight is 352 g/mol. The SMILES string of the molecule is Cc1ccc(CC(=O)N2CCN(c3ccc(OC(C)C)cc3)CC2)cc1. The van der Waals surface area contributed by atoms with Gasteiger partial charge in [0.1, 0.15) is 5.75 Å². The van der Waals surface area contributed by atoms with Crippen LogP contribution in [0.4, 0.5) is 5.69 Å². The first-order valence-electron chi connectivity index (χ1n) is 9.36. The lowest BCUT2D eigenvalue weighted by Crippen LogP contribution is -2.49. The summed E-state index contributed by atoms with van der Waals surface area (Å²) in [5, 5.41) is 0. The number of hydrogen-bond donors (Lipinski definition) is 0. The molecule has 26 heavy (non-hydrogen) atoms. The van der Waals surface area contributed by atoms with Crippen LogP contribution in [-0.2, 0) is 11.2 Å². The number of anilines is 1. The summed E-state index contributed by atoms with van der Waals surface area (Å²) in [6.45, 7) is 9.39. The summed E-state index contributed by atoms with van der Waals surface area (Å²) >= 11 is 0. The van der Waals surface area contributed by atoms with Crippen LogP contribution in [0.15, 0.2) is 48.5 Å². The fourth-order valence-electron chi connectivity index (χ4n) is 3.21. The summed E-state index contributed by atoms with van der Waals surface area (Å²) in [5.74, 6) is 1.12. The molecule has 0 aliphatic carbocycles. The number of amides is 1. The van der Waals surface area contributed by atoms with E-state index >= 15 is 0 Å². The normalized spacial score (nSPS) is 14.6. The summed E-state index contributed by atoms with van der Waals surface area (Å²) in [5.41, 5.74) is 3.50. The van der Waals surface area contributed by atoms with Gasteiger partial charge in [-0.3, -0.25) is 4.79 Å². The maximum atomic E-state index is 12.5. The smallest absolute Gasteiger partial charge is 0.227 e. The highest BCUT2D eigenvalue weighted by Gasteiger charge is 2.21. The largest absolute Gasteiger partial charge is 0.491 e. The van der Waals surface area contributed by atoms with Crippen molar-refractivity contribution in [2.24, 2.45) is 0 Å². The highest BCUT2D eigenvalue weighted by molar-refractivity contribution is 5.79. The number of rotatable bonds is 5. The van der Waals surface area contributed by atoms with Gasteiger partial charge in [0.2, 0.25) is 5.91 Å². The lowest BCUT2D eigenvalue weighted by molar-refractivity contribution is -0.130. The van der Waals surface area contributed by atoms with Crippen LogP contribution >= 0.6 is 0 Å². The monoisotopic (exact) mass is 352 g/mol. The van der Waals surface area contributed by atoms with Gasteiger partial charge in [0.05, 0.1) is 12.5 Å². The summed E-state index contributed by atoms with van der Waals surface area (Å²) in [6.07, 6.45) is 0.672. The van der Waals surface area contributed by atoms with Crippen molar-refractivity contribution in [2.75, 3.05) is 31.1 Å². The van der Waals surface area contributed by atoms with Crippen LogP contribution in [0.5, 0.6) is 5.75 Å². The first-order valence-corrected chi connectivity index (χ1v) is 9.36. The summed E-state index contributed by atoms with van der Waals surface area (Å²) < 4.78 is 5.70. The minimum absolute atomic E-state index is 0.184. The number of aryl methyl sites for hydroxylation is 1. The van der Waals surface area contributed by atoms with Gasteiger partial charge in [-0.2, -0.15) is 0 Å². The molecule has 0 spiro atoms. The third-order valence-electron chi connectivity index (χ3n) is 4.68. The molecular weight excluding hydrogens is 324 g/mol. The van der Waals surface area contributed by atoms with Gasteiger partial charge >= 0.3 is 0 Å². The van der Waals surface area contributed by atoms with Gasteiger partial charge in [-0.15, -0.1) is 0 Å². The number of piperazine rings is 1. The second-order valence-electron chi connectivity index (χ2n) is 7.19. The maximum absolute atomic E-state index is 12.5. The van der Waals surface area contributed by atoms with Crippen molar-refractivity contribution in [2.45, 2.75) is 33.3 Å². The van der Waals surface area contributed by atoms with Crippen LogP contribution in [0.1, 0.15) is 25.0 Å². The number of ether oxygens (including phenoxy) is 1. The van der Waals surface area contributed by atoms with E-state index in [-0.39, 0.29) is 12.0 Å². The standard InChI is InChI=1S/C22H28N2O2/c1-17(2)26-21-10-8-20(9-11-21)23-12-14-24(15-13-23)22(25)16-19-6-4-18(3)5-7-19/h4-11,17H,12-16H2,1-3H3. The van der Waals surface area contributed by atoms with Crippen LogP contribution in [-0.4, -0.2) is 43.1 Å². The van der Waals surface area contributed by atoms with Gasteiger partial charge in [0, 0.05) is 31.9 Å². The lowest BCUT2D eigenvalue weighted by atomic mass is 10.1. The van der Waals surface area contributed by atoms with Gasteiger partial charge in [-0.05, 0) is 50.6 Å². The molecule has 4 nitrogen and oxygen atoms in total. The molecule has 2 aromatic carbocycles. The van der Waals surface area contributed by atoms with Gasteiger partial charge in [-0.25, -0.2) is 0 Å². The van der Waals surface area contributed by atoms with E-state index in [2.05, 4.69) is 36.1 Å². The molecule has 0 unspecified atom stereocenters. The van der Waals surface area contributed by atoms with Gasteiger partial charge in [0.25, 0.3) is 0 Å². The van der Waals surface area contributed by atoms with Crippen molar-refractivity contribution in [3.8, 4) is 5.75 Å². The summed E-state index contributed by atoms with van der Waals surface area (Å²) in [7, 11) is 0. The molecule has 1 heterocycles. The quantitative estimate of drug-likeness (QED) is 0.823. The van der Waals surface area contributed by atoms with Crippen molar-refractivity contribution in [1.29, 1.82) is 0 Å². The minimum Gasteiger partial charge on any atom is -0.491 e. The third-order valence-corrected chi connectivity index (χ3v) is 4.68. The molecule has 3 rings (SSSR count). The molecule has 0 bridgehead atoms. The van der Waals surface area contributed by atoms with E-state index in [9.17, 15) is 4.79 Å². The Labute approximate surface area is 156 Å². The lowest BCUT2D eigenvalue weighted by Gasteiger charge is -2.36. The molecule has 0 radical (unpaired) electrons. The topological polar surface area (TPSA) is 32.8 Å². The number of nitrogens with zero attached hydrogens (tertiary/aromatic N) is 2.